The third kappa shape index (κ3) is 19.8. The van der Waals surface area contributed by atoms with E-state index in [4.69, 9.17) is 47.4 Å². The van der Waals surface area contributed by atoms with E-state index in [0.717, 1.165) is 76.6 Å². The number of benzene rings is 8. The number of ketones is 1. The van der Waals surface area contributed by atoms with Gasteiger partial charge in [0.05, 0.1) is 72.1 Å². The summed E-state index contributed by atoms with van der Waals surface area (Å²) >= 11 is 0. The van der Waals surface area contributed by atoms with Crippen LogP contribution in [-0.2, 0) is 110 Å². The molecule has 1 amide bonds. The molecule has 2 unspecified atom stereocenters. The number of Topliss-reactive ketones (excluding diaryl/α,β-unsaturated/α-hetero) is 1. The zero-order valence-corrected chi connectivity index (χ0v) is 53.1. The molecule has 3 aliphatic rings. The van der Waals surface area contributed by atoms with Gasteiger partial charge in [-0.3, -0.25) is 14.9 Å². The number of nitrogens with one attached hydrogen (secondary N) is 2. The Hall–Kier alpha value is -7.54. The second-order valence-corrected chi connectivity index (χ2v) is 24.4. The van der Waals surface area contributed by atoms with Gasteiger partial charge in [0.15, 0.2) is 0 Å². The highest BCUT2D eigenvalue weighted by atomic mass is 16.6. The highest BCUT2D eigenvalue weighted by molar-refractivity contribution is 5.86. The van der Waals surface area contributed by atoms with Crippen LogP contribution in [0.15, 0.2) is 243 Å². The van der Waals surface area contributed by atoms with Crippen LogP contribution in [0.25, 0.3) is 0 Å². The largest absolute Gasteiger partial charge is 0.374 e. The van der Waals surface area contributed by atoms with Crippen LogP contribution in [-0.4, -0.2) is 104 Å². The first-order chi connectivity index (χ1) is 45.9. The van der Waals surface area contributed by atoms with Crippen molar-refractivity contribution in [1.29, 1.82) is 0 Å². The number of carbonyl (C=O) groups is 2. The number of amides is 1. The van der Waals surface area contributed by atoms with E-state index in [1.54, 1.807) is 0 Å². The second-order valence-electron chi connectivity index (χ2n) is 24.4. The molecule has 0 radical (unpaired) electrons. The summed E-state index contributed by atoms with van der Waals surface area (Å²) in [6.45, 7) is 3.21. The summed E-state index contributed by atoms with van der Waals surface area (Å²) in [6.07, 6.45) is -4.81. The molecule has 14 nitrogen and oxygen atoms in total. The Morgan fingerprint density at radius 1 is 0.355 bits per heavy atom. The molecule has 93 heavy (non-hydrogen) atoms. The Bertz CT molecular complexity index is 3390. The minimum absolute atomic E-state index is 0.0468. The van der Waals surface area contributed by atoms with Gasteiger partial charge in [0.2, 0.25) is 5.91 Å². The molecule has 12 atom stereocenters. The van der Waals surface area contributed by atoms with E-state index in [1.165, 1.54) is 6.92 Å². The Morgan fingerprint density at radius 2 is 0.624 bits per heavy atom. The first kappa shape index (κ1) is 66.9. The number of hydrogen-bond donors (Lipinski definition) is 2. The van der Waals surface area contributed by atoms with E-state index in [0.29, 0.717) is 0 Å². The van der Waals surface area contributed by atoms with Crippen LogP contribution in [0.5, 0.6) is 0 Å². The van der Waals surface area contributed by atoms with Gasteiger partial charge in [-0.1, -0.05) is 262 Å². The zero-order chi connectivity index (χ0) is 63.7. The first-order valence-corrected chi connectivity index (χ1v) is 32.9. The van der Waals surface area contributed by atoms with Gasteiger partial charge in [-0.25, -0.2) is 0 Å². The SMILES string of the molecule is CC(=O)C(NC(C(=O)NC1CCCCC1)[C@@H]1O[C@H](COCc2ccccc2)[C@@H](OCc2ccccc2)[C@H](OCc2ccccc2)[C@H]1OCc1ccccc1)[C@@H]1O[C@H](COCc2ccccc2)[C@@H](OCc2ccccc2)[C@H](OCc2ccccc2)[C@H]1OCc1ccccc1. The summed E-state index contributed by atoms with van der Waals surface area (Å²) in [5.74, 6) is -0.693. The second kappa shape index (κ2) is 35.7. The molecule has 2 heterocycles. The molecule has 8 aromatic carbocycles. The van der Waals surface area contributed by atoms with Gasteiger partial charge in [-0.2, -0.15) is 0 Å². The minimum atomic E-state index is -1.31. The van der Waals surface area contributed by atoms with Crippen molar-refractivity contribution < 1.29 is 57.0 Å². The Balaban J connectivity index is 1.03. The van der Waals surface area contributed by atoms with Crippen LogP contribution in [0.4, 0.5) is 0 Å². The molecule has 0 spiro atoms. The van der Waals surface area contributed by atoms with Gasteiger partial charge in [-0.15, -0.1) is 0 Å². The molecule has 0 aromatic heterocycles. The summed E-state index contributed by atoms with van der Waals surface area (Å²) in [4.78, 5) is 31.7. The van der Waals surface area contributed by atoms with Crippen molar-refractivity contribution in [3.8, 4) is 0 Å². The van der Waals surface area contributed by atoms with Crippen molar-refractivity contribution >= 4 is 11.7 Å². The average Bonchev–Trinajstić information content (AvgIpc) is 0.844. The molecular weight excluding hydrogens is 1170 g/mol. The normalized spacial score (nSPS) is 23.2. The van der Waals surface area contributed by atoms with Crippen LogP contribution in [0, 0.1) is 0 Å². The summed E-state index contributed by atoms with van der Waals surface area (Å²) in [6, 6.07) is 76.9. The van der Waals surface area contributed by atoms with E-state index in [1.807, 2.05) is 243 Å². The number of rotatable bonds is 33. The maximum atomic E-state index is 16.2. The zero-order valence-electron chi connectivity index (χ0n) is 53.1. The van der Waals surface area contributed by atoms with E-state index in [2.05, 4.69) is 10.6 Å². The van der Waals surface area contributed by atoms with E-state index < -0.39 is 73.1 Å². The molecule has 14 heteroatoms. The maximum Gasteiger partial charge on any atom is 0.240 e. The predicted molar refractivity (Wildman–Crippen MR) is 356 cm³/mol. The molecule has 2 aliphatic heterocycles. The Labute approximate surface area is 548 Å². The molecule has 2 saturated heterocycles. The van der Waals surface area contributed by atoms with Crippen molar-refractivity contribution in [2.75, 3.05) is 13.2 Å². The van der Waals surface area contributed by atoms with E-state index in [9.17, 15) is 0 Å². The Morgan fingerprint density at radius 3 is 0.925 bits per heavy atom. The standard InChI is InChI=1S/C79H88N2O12/c1-57(82)69(73-77(90-53-64-41-23-8-24-42-64)75(88-51-62-37-19-6-20-38-62)71(86-49-60-33-15-4-16-34-60)67(92-73)55-84-47-58-29-11-2-12-30-58)81-70(79(83)80-66-45-27-10-28-46-66)74-78(91-54-65-43-25-9-26-44-65)76(89-52-63-39-21-7-22-40-63)72(87-50-61-35-17-5-18-36-61)68(93-74)56-85-48-59-31-13-3-14-32-59/h2-9,11-26,29-44,66-78,81H,10,27-28,45-56H2,1H3,(H,80,83)/t67-,68-,69?,70?,71-,72-,73+,74+,75+,76+,77+,78+/m1/s1. The quantitative estimate of drug-likeness (QED) is 0.0402. The lowest BCUT2D eigenvalue weighted by atomic mass is 9.86. The van der Waals surface area contributed by atoms with Crippen LogP contribution in [0.2, 0.25) is 0 Å². The van der Waals surface area contributed by atoms with Crippen molar-refractivity contribution in [1.82, 2.24) is 10.6 Å². The van der Waals surface area contributed by atoms with E-state index >= 15 is 9.59 Å². The lowest BCUT2D eigenvalue weighted by molar-refractivity contribution is -0.282. The molecule has 0 bridgehead atoms. The molecule has 1 aliphatic carbocycles. The molecule has 2 N–H and O–H groups in total. The summed E-state index contributed by atoms with van der Waals surface area (Å²) in [7, 11) is 0. The van der Waals surface area contributed by atoms with Crippen LogP contribution in [0.3, 0.4) is 0 Å². The van der Waals surface area contributed by atoms with Gasteiger partial charge in [0.25, 0.3) is 0 Å². The molecule has 486 valence electrons. The summed E-state index contributed by atoms with van der Waals surface area (Å²) < 4.78 is 71.5. The lowest BCUT2D eigenvalue weighted by Crippen LogP contribution is -2.72. The number of hydrogen-bond acceptors (Lipinski definition) is 13. The predicted octanol–water partition coefficient (Wildman–Crippen LogP) is 12.8. The van der Waals surface area contributed by atoms with Gasteiger partial charge in [0, 0.05) is 6.04 Å². The molecule has 8 aromatic rings. The minimum Gasteiger partial charge on any atom is -0.374 e. The highest BCUT2D eigenvalue weighted by Gasteiger charge is 2.56. The molecule has 11 rings (SSSR count). The van der Waals surface area contributed by atoms with Gasteiger partial charge in [0.1, 0.15) is 72.9 Å². The van der Waals surface area contributed by atoms with Crippen LogP contribution >= 0.6 is 0 Å². The first-order valence-electron chi connectivity index (χ1n) is 32.9. The van der Waals surface area contributed by atoms with Crippen molar-refractivity contribution in [2.45, 2.75) is 171 Å². The number of carbonyl (C=O) groups excluding carboxylic acids is 2. The van der Waals surface area contributed by atoms with Gasteiger partial charge < -0.3 is 52.7 Å². The fourth-order valence-electron chi connectivity index (χ4n) is 12.7. The number of ether oxygens (including phenoxy) is 10. The monoisotopic (exact) mass is 1260 g/mol. The van der Waals surface area contributed by atoms with Crippen molar-refractivity contribution in [3.05, 3.63) is 287 Å². The third-order valence-electron chi connectivity index (χ3n) is 17.5. The molecule has 1 saturated carbocycles. The smallest absolute Gasteiger partial charge is 0.240 e. The van der Waals surface area contributed by atoms with Crippen molar-refractivity contribution in [2.24, 2.45) is 0 Å². The van der Waals surface area contributed by atoms with Crippen molar-refractivity contribution in [3.63, 3.8) is 0 Å². The van der Waals surface area contributed by atoms with Gasteiger partial charge >= 0.3 is 0 Å². The van der Waals surface area contributed by atoms with Crippen LogP contribution in [0.1, 0.15) is 83.5 Å². The summed E-state index contributed by atoms with van der Waals surface area (Å²) in [5.41, 5.74) is 7.48. The lowest BCUT2D eigenvalue weighted by Gasteiger charge is -2.50. The van der Waals surface area contributed by atoms with E-state index in [-0.39, 0.29) is 83.8 Å². The third-order valence-corrected chi connectivity index (χ3v) is 17.5. The molecular formula is C79H88N2O12. The maximum absolute atomic E-state index is 16.2. The van der Waals surface area contributed by atoms with Crippen LogP contribution < -0.4 is 10.6 Å². The fourth-order valence-corrected chi connectivity index (χ4v) is 12.7. The topological polar surface area (TPSA) is 150 Å². The fraction of sp³-hybridized carbons (Fsp3) is 0.367. The van der Waals surface area contributed by atoms with Gasteiger partial charge in [-0.05, 0) is 64.3 Å². The summed E-state index contributed by atoms with van der Waals surface area (Å²) in [5, 5.41) is 7.21. The highest BCUT2D eigenvalue weighted by Crippen LogP contribution is 2.37. The Kier molecular flexibility index (Phi) is 25.6. The molecule has 3 fully saturated rings. The average molecular weight is 1260 g/mol.